The topological polar surface area (TPSA) is 74.4 Å². The van der Waals surface area contributed by atoms with Crippen molar-refractivity contribution in [1.82, 2.24) is 14.7 Å². The molecule has 2 saturated heterocycles. The Balaban J connectivity index is 1.41. The van der Waals surface area contributed by atoms with E-state index in [1.54, 1.807) is 25.3 Å². The Morgan fingerprint density at radius 1 is 1.03 bits per heavy atom. The molecular formula is C25H31ClN4O4. The van der Waals surface area contributed by atoms with Gasteiger partial charge in [0, 0.05) is 45.0 Å². The summed E-state index contributed by atoms with van der Waals surface area (Å²) in [5.74, 6) is 0.581. The second-order valence-corrected chi connectivity index (χ2v) is 8.86. The summed E-state index contributed by atoms with van der Waals surface area (Å²) in [6, 6.07) is 14.5. The number of anilines is 1. The van der Waals surface area contributed by atoms with Gasteiger partial charge in [0.05, 0.1) is 31.9 Å². The zero-order valence-electron chi connectivity index (χ0n) is 19.4. The predicted molar refractivity (Wildman–Crippen MR) is 131 cm³/mol. The third-order valence-electron chi connectivity index (χ3n) is 6.28. The minimum atomic E-state index is -0.445. The van der Waals surface area contributed by atoms with Gasteiger partial charge in [-0.2, -0.15) is 0 Å². The van der Waals surface area contributed by atoms with E-state index in [-0.39, 0.29) is 11.8 Å². The lowest BCUT2D eigenvalue weighted by Crippen LogP contribution is -2.53. The standard InChI is InChI=1S/C25H31ClN4O4/c1-33-22-8-7-20(17-21(22)26)27-25(32)24(19-5-3-2-4-6-19)30-11-9-28(10-12-30)18-23(31)29-13-15-34-16-14-29/h2-8,17,24H,9-16,18H2,1H3,(H,27,32)/t24-/m0/s1. The molecule has 0 bridgehead atoms. The van der Waals surface area contributed by atoms with E-state index in [1.165, 1.54) is 0 Å². The first kappa shape index (κ1) is 24.5. The van der Waals surface area contributed by atoms with Gasteiger partial charge in [0.15, 0.2) is 0 Å². The highest BCUT2D eigenvalue weighted by atomic mass is 35.5. The summed E-state index contributed by atoms with van der Waals surface area (Å²) in [7, 11) is 1.55. The maximum atomic E-state index is 13.4. The van der Waals surface area contributed by atoms with Crippen LogP contribution in [0.5, 0.6) is 5.75 Å². The molecule has 2 aliphatic rings. The summed E-state index contributed by atoms with van der Waals surface area (Å²) in [6.45, 7) is 5.75. The number of hydrogen-bond donors (Lipinski definition) is 1. The summed E-state index contributed by atoms with van der Waals surface area (Å²) in [5, 5.41) is 3.45. The third kappa shape index (κ3) is 6.07. The van der Waals surface area contributed by atoms with Gasteiger partial charge in [-0.3, -0.25) is 19.4 Å². The van der Waals surface area contributed by atoms with Crippen molar-refractivity contribution in [1.29, 1.82) is 0 Å². The fourth-order valence-electron chi connectivity index (χ4n) is 4.40. The van der Waals surface area contributed by atoms with E-state index in [1.807, 2.05) is 35.2 Å². The predicted octanol–water partition coefficient (Wildman–Crippen LogP) is 2.50. The van der Waals surface area contributed by atoms with Gasteiger partial charge in [0.2, 0.25) is 11.8 Å². The van der Waals surface area contributed by atoms with Crippen LogP contribution in [0.15, 0.2) is 48.5 Å². The first-order chi connectivity index (χ1) is 16.5. The molecule has 2 amide bonds. The summed E-state index contributed by atoms with van der Waals surface area (Å²) in [6.07, 6.45) is 0. The number of nitrogens with zero attached hydrogens (tertiary/aromatic N) is 3. The Bertz CT molecular complexity index is 976. The number of nitrogens with one attached hydrogen (secondary N) is 1. The molecule has 1 atom stereocenters. The van der Waals surface area contributed by atoms with Crippen molar-refractivity contribution in [2.24, 2.45) is 0 Å². The van der Waals surface area contributed by atoms with Crippen molar-refractivity contribution in [3.63, 3.8) is 0 Å². The van der Waals surface area contributed by atoms with Gasteiger partial charge in [-0.05, 0) is 23.8 Å². The second-order valence-electron chi connectivity index (χ2n) is 8.46. The van der Waals surface area contributed by atoms with Crippen LogP contribution in [0.1, 0.15) is 11.6 Å². The molecule has 2 aromatic rings. The molecule has 2 fully saturated rings. The molecule has 2 aliphatic heterocycles. The van der Waals surface area contributed by atoms with Gasteiger partial charge in [-0.1, -0.05) is 41.9 Å². The summed E-state index contributed by atoms with van der Waals surface area (Å²) in [5.41, 5.74) is 1.55. The highest BCUT2D eigenvalue weighted by Crippen LogP contribution is 2.29. The molecule has 1 N–H and O–H groups in total. The van der Waals surface area contributed by atoms with Crippen LogP contribution in [0.4, 0.5) is 5.69 Å². The van der Waals surface area contributed by atoms with E-state index in [0.717, 1.165) is 18.7 Å². The van der Waals surface area contributed by atoms with Gasteiger partial charge in [0.1, 0.15) is 11.8 Å². The molecule has 0 saturated carbocycles. The molecule has 0 unspecified atom stereocenters. The van der Waals surface area contributed by atoms with Crippen LogP contribution in [0.25, 0.3) is 0 Å². The van der Waals surface area contributed by atoms with Crippen molar-refractivity contribution in [3.05, 3.63) is 59.1 Å². The minimum Gasteiger partial charge on any atom is -0.495 e. The third-order valence-corrected chi connectivity index (χ3v) is 6.57. The quantitative estimate of drug-likeness (QED) is 0.648. The SMILES string of the molecule is COc1ccc(NC(=O)[C@H](c2ccccc2)N2CCN(CC(=O)N3CCOCC3)CC2)cc1Cl. The number of amides is 2. The lowest BCUT2D eigenvalue weighted by atomic mass is 10.0. The molecule has 182 valence electrons. The van der Waals surface area contributed by atoms with E-state index < -0.39 is 6.04 Å². The highest BCUT2D eigenvalue weighted by Gasteiger charge is 2.31. The molecule has 0 spiro atoms. The van der Waals surface area contributed by atoms with E-state index in [2.05, 4.69) is 15.1 Å². The number of carbonyl (C=O) groups excluding carboxylic acids is 2. The number of methoxy groups -OCH3 is 1. The number of ether oxygens (including phenoxy) is 2. The maximum Gasteiger partial charge on any atom is 0.246 e. The lowest BCUT2D eigenvalue weighted by Gasteiger charge is -2.39. The number of piperazine rings is 1. The fraction of sp³-hybridized carbons (Fsp3) is 0.440. The van der Waals surface area contributed by atoms with Gasteiger partial charge in [-0.15, -0.1) is 0 Å². The molecule has 0 aliphatic carbocycles. The van der Waals surface area contributed by atoms with E-state index in [0.29, 0.717) is 62.4 Å². The number of carbonyl (C=O) groups is 2. The normalized spacial score (nSPS) is 18.4. The van der Waals surface area contributed by atoms with E-state index >= 15 is 0 Å². The molecule has 2 heterocycles. The Hall–Kier alpha value is -2.65. The second kappa shape index (κ2) is 11.7. The first-order valence-corrected chi connectivity index (χ1v) is 11.9. The number of morpholine rings is 1. The average molecular weight is 487 g/mol. The van der Waals surface area contributed by atoms with Crippen molar-refractivity contribution in [2.75, 3.05) is 71.5 Å². The van der Waals surface area contributed by atoms with Gasteiger partial charge in [0.25, 0.3) is 0 Å². The monoisotopic (exact) mass is 486 g/mol. The molecule has 34 heavy (non-hydrogen) atoms. The van der Waals surface area contributed by atoms with Crippen molar-refractivity contribution < 1.29 is 19.1 Å². The summed E-state index contributed by atoms with van der Waals surface area (Å²) < 4.78 is 10.5. The van der Waals surface area contributed by atoms with Gasteiger partial charge >= 0.3 is 0 Å². The minimum absolute atomic E-state index is 0.120. The molecule has 4 rings (SSSR count). The van der Waals surface area contributed by atoms with Crippen LogP contribution in [-0.4, -0.2) is 92.7 Å². The van der Waals surface area contributed by atoms with Crippen LogP contribution >= 0.6 is 11.6 Å². The van der Waals surface area contributed by atoms with E-state index in [4.69, 9.17) is 21.1 Å². The van der Waals surface area contributed by atoms with Crippen molar-refractivity contribution in [2.45, 2.75) is 6.04 Å². The lowest BCUT2D eigenvalue weighted by molar-refractivity contribution is -0.137. The summed E-state index contributed by atoms with van der Waals surface area (Å²) in [4.78, 5) is 32.3. The van der Waals surface area contributed by atoms with E-state index in [9.17, 15) is 9.59 Å². The Labute approximate surface area is 205 Å². The van der Waals surface area contributed by atoms with Crippen LogP contribution in [0.3, 0.4) is 0 Å². The fourth-order valence-corrected chi connectivity index (χ4v) is 4.66. The van der Waals surface area contributed by atoms with Crippen LogP contribution in [-0.2, 0) is 14.3 Å². The largest absolute Gasteiger partial charge is 0.495 e. The molecule has 0 radical (unpaired) electrons. The number of benzene rings is 2. The smallest absolute Gasteiger partial charge is 0.246 e. The molecule has 0 aromatic heterocycles. The van der Waals surface area contributed by atoms with Gasteiger partial charge in [-0.25, -0.2) is 0 Å². The Morgan fingerprint density at radius 3 is 2.38 bits per heavy atom. The van der Waals surface area contributed by atoms with Crippen LogP contribution in [0.2, 0.25) is 5.02 Å². The van der Waals surface area contributed by atoms with Crippen molar-refractivity contribution >= 4 is 29.1 Å². The molecule has 8 nitrogen and oxygen atoms in total. The maximum absolute atomic E-state index is 13.4. The first-order valence-electron chi connectivity index (χ1n) is 11.6. The Kier molecular flexibility index (Phi) is 8.39. The summed E-state index contributed by atoms with van der Waals surface area (Å²) >= 11 is 6.24. The van der Waals surface area contributed by atoms with Crippen LogP contribution < -0.4 is 10.1 Å². The highest BCUT2D eigenvalue weighted by molar-refractivity contribution is 6.32. The zero-order valence-corrected chi connectivity index (χ0v) is 20.2. The van der Waals surface area contributed by atoms with Crippen LogP contribution in [0, 0.1) is 0 Å². The number of hydrogen-bond acceptors (Lipinski definition) is 6. The van der Waals surface area contributed by atoms with Gasteiger partial charge < -0.3 is 19.7 Å². The molecular weight excluding hydrogens is 456 g/mol. The van der Waals surface area contributed by atoms with Crippen molar-refractivity contribution in [3.8, 4) is 5.75 Å². The Morgan fingerprint density at radius 2 is 1.74 bits per heavy atom. The molecule has 9 heteroatoms. The molecule has 2 aromatic carbocycles. The zero-order chi connectivity index (χ0) is 23.9. The number of halogens is 1. The average Bonchev–Trinajstić information content (AvgIpc) is 2.86. The number of rotatable bonds is 7.